The number of carbonyl (C=O) groups is 4. The van der Waals surface area contributed by atoms with E-state index in [0.717, 1.165) is 5.06 Å². The predicted octanol–water partition coefficient (Wildman–Crippen LogP) is -1.63. The number of anilines is 1. The molecule has 0 saturated carbocycles. The molecule has 0 saturated heterocycles. The molecule has 222 valence electrons. The van der Waals surface area contributed by atoms with E-state index in [4.69, 9.17) is 10.2 Å². The molecule has 1 aliphatic heterocycles. The van der Waals surface area contributed by atoms with Crippen molar-refractivity contribution >= 4 is 41.4 Å². The van der Waals surface area contributed by atoms with Gasteiger partial charge in [-0.3, -0.25) is 39.5 Å². The minimum atomic E-state index is -1.07. The van der Waals surface area contributed by atoms with Crippen LogP contribution >= 0.6 is 0 Å². The van der Waals surface area contributed by atoms with E-state index in [0.29, 0.717) is 29.1 Å². The molecule has 0 aliphatic carbocycles. The van der Waals surface area contributed by atoms with E-state index in [1.54, 1.807) is 34.1 Å². The van der Waals surface area contributed by atoms with Crippen molar-refractivity contribution in [3.63, 3.8) is 0 Å². The lowest BCUT2D eigenvalue weighted by atomic mass is 10.2. The van der Waals surface area contributed by atoms with Crippen LogP contribution in [-0.2, 0) is 19.2 Å². The number of para-hydroxylation sites is 2. The molecule has 1 heterocycles. The van der Waals surface area contributed by atoms with Crippen LogP contribution in [0, 0.1) is 5.21 Å². The average molecular weight is 568 g/mol. The second-order valence-electron chi connectivity index (χ2n) is 9.07. The zero-order valence-corrected chi connectivity index (χ0v) is 22.1. The maximum absolute atomic E-state index is 12.2. The molecule has 7 N–H and O–H groups in total. The van der Waals surface area contributed by atoms with Crippen molar-refractivity contribution in [1.29, 1.82) is 0 Å². The maximum atomic E-state index is 12.2. The van der Waals surface area contributed by atoms with E-state index >= 15 is 0 Å². The SMILES string of the molecule is O=C(O)CNCCN(CCN(CCNC(=O)CCCNC1C=[N+]([O-])c2ccccc2N1O)CC(=O)O)CC(=O)O. The quantitative estimate of drug-likeness (QED) is 0.0534. The lowest BCUT2D eigenvalue weighted by Gasteiger charge is -2.29. The number of aliphatic carboxylic acids is 3. The molecule has 1 aromatic carbocycles. The van der Waals surface area contributed by atoms with Crippen LogP contribution in [0.4, 0.5) is 11.4 Å². The van der Waals surface area contributed by atoms with Crippen LogP contribution in [0.15, 0.2) is 24.3 Å². The molecule has 1 aliphatic rings. The molecule has 0 aromatic heterocycles. The van der Waals surface area contributed by atoms with Crippen LogP contribution in [-0.4, -0.2) is 137 Å². The molecule has 0 spiro atoms. The van der Waals surface area contributed by atoms with Gasteiger partial charge in [0.2, 0.25) is 11.6 Å². The van der Waals surface area contributed by atoms with Crippen LogP contribution in [0.2, 0.25) is 0 Å². The molecule has 1 amide bonds. The molecule has 1 atom stereocenters. The van der Waals surface area contributed by atoms with Crippen LogP contribution in [0.25, 0.3) is 0 Å². The van der Waals surface area contributed by atoms with Crippen molar-refractivity contribution in [2.24, 2.45) is 0 Å². The standard InChI is InChI=1S/C24H37N7O9/c32-21(6-3-7-26-20-15-30(39)18-4-1-2-5-19(18)31(20)40)27-9-11-29(17-24(37)38)13-12-28(16-23(35)36)10-8-25-14-22(33)34/h1-2,4-5,15,20,25-26,40H,3,6-14,16-17H2,(H,27,32)(H,33,34)(H,35,36)(H,37,38). The summed E-state index contributed by atoms with van der Waals surface area (Å²) in [4.78, 5) is 48.4. The number of rotatable bonds is 20. The minimum Gasteiger partial charge on any atom is -0.618 e. The number of hydrogen-bond acceptors (Lipinski definition) is 11. The summed E-state index contributed by atoms with van der Waals surface area (Å²) in [7, 11) is 0. The lowest BCUT2D eigenvalue weighted by Crippen LogP contribution is -2.49. The molecule has 40 heavy (non-hydrogen) atoms. The van der Waals surface area contributed by atoms with Crippen molar-refractivity contribution < 1.29 is 44.4 Å². The van der Waals surface area contributed by atoms with Gasteiger partial charge in [0.25, 0.3) is 0 Å². The van der Waals surface area contributed by atoms with Crippen LogP contribution in [0.5, 0.6) is 0 Å². The highest BCUT2D eigenvalue weighted by atomic mass is 16.5. The monoisotopic (exact) mass is 567 g/mol. The first-order valence-corrected chi connectivity index (χ1v) is 12.8. The Bertz CT molecular complexity index is 1040. The van der Waals surface area contributed by atoms with Crippen LogP contribution in [0.3, 0.4) is 0 Å². The Morgan fingerprint density at radius 3 is 2.15 bits per heavy atom. The van der Waals surface area contributed by atoms with Gasteiger partial charge in [0, 0.05) is 51.8 Å². The first kappa shape index (κ1) is 32.4. The molecule has 2 rings (SSSR count). The van der Waals surface area contributed by atoms with Crippen molar-refractivity contribution in [2.45, 2.75) is 19.0 Å². The van der Waals surface area contributed by atoms with Gasteiger partial charge < -0.3 is 31.2 Å². The lowest BCUT2D eigenvalue weighted by molar-refractivity contribution is -0.359. The molecular formula is C24H37N7O9. The van der Waals surface area contributed by atoms with Crippen molar-refractivity contribution in [3.8, 4) is 0 Å². The van der Waals surface area contributed by atoms with Crippen molar-refractivity contribution in [1.82, 2.24) is 25.8 Å². The Balaban J connectivity index is 1.71. The Hall–Kier alpha value is -3.83. The van der Waals surface area contributed by atoms with Gasteiger partial charge in [-0.2, -0.15) is 4.74 Å². The fourth-order valence-electron chi connectivity index (χ4n) is 3.98. The number of carbonyl (C=O) groups excluding carboxylic acids is 1. The van der Waals surface area contributed by atoms with E-state index in [-0.39, 0.29) is 71.2 Å². The molecule has 1 unspecified atom stereocenters. The van der Waals surface area contributed by atoms with E-state index in [1.165, 1.54) is 6.21 Å². The third kappa shape index (κ3) is 11.9. The average Bonchev–Trinajstić information content (AvgIpc) is 2.89. The zero-order valence-electron chi connectivity index (χ0n) is 22.1. The molecular weight excluding hydrogens is 530 g/mol. The first-order valence-electron chi connectivity index (χ1n) is 12.8. The molecule has 16 heteroatoms. The summed E-state index contributed by atoms with van der Waals surface area (Å²) < 4.78 is 0.673. The van der Waals surface area contributed by atoms with Gasteiger partial charge in [-0.15, -0.1) is 0 Å². The summed E-state index contributed by atoms with van der Waals surface area (Å²) in [5.74, 6) is -3.41. The van der Waals surface area contributed by atoms with E-state index < -0.39 is 24.1 Å². The van der Waals surface area contributed by atoms with Crippen LogP contribution < -0.4 is 21.0 Å². The van der Waals surface area contributed by atoms with E-state index in [2.05, 4.69) is 16.0 Å². The summed E-state index contributed by atoms with van der Waals surface area (Å²) in [6.45, 7) is 0.887. The van der Waals surface area contributed by atoms with E-state index in [1.807, 2.05) is 0 Å². The van der Waals surface area contributed by atoms with Gasteiger partial charge in [0.1, 0.15) is 5.69 Å². The number of carboxylic acids is 3. The van der Waals surface area contributed by atoms with Gasteiger partial charge in [0.05, 0.1) is 19.6 Å². The maximum Gasteiger partial charge on any atom is 0.317 e. The highest BCUT2D eigenvalue weighted by Gasteiger charge is 2.28. The molecule has 0 radical (unpaired) electrons. The second kappa shape index (κ2) is 17.0. The Morgan fingerprint density at radius 1 is 0.900 bits per heavy atom. The largest absolute Gasteiger partial charge is 0.618 e. The topological polar surface area (TPSA) is 221 Å². The summed E-state index contributed by atoms with van der Waals surface area (Å²) in [5, 5.41) is 58.9. The number of hydroxylamine groups is 1. The van der Waals surface area contributed by atoms with Gasteiger partial charge in [-0.25, -0.2) is 5.06 Å². The predicted molar refractivity (Wildman–Crippen MR) is 143 cm³/mol. The number of amides is 1. The highest BCUT2D eigenvalue weighted by molar-refractivity contribution is 5.76. The summed E-state index contributed by atoms with van der Waals surface area (Å²) in [6.07, 6.45) is 1.11. The van der Waals surface area contributed by atoms with Gasteiger partial charge >= 0.3 is 17.9 Å². The summed E-state index contributed by atoms with van der Waals surface area (Å²) in [5.41, 5.74) is 0.684. The molecule has 16 nitrogen and oxygen atoms in total. The smallest absolute Gasteiger partial charge is 0.317 e. The fraction of sp³-hybridized carbons (Fsp3) is 0.542. The summed E-state index contributed by atoms with van der Waals surface area (Å²) in [6, 6.07) is 6.61. The van der Waals surface area contributed by atoms with E-state index in [9.17, 15) is 34.7 Å². The normalized spacial score (nSPS) is 14.6. The first-order chi connectivity index (χ1) is 19.1. The molecule has 0 bridgehead atoms. The Labute approximate surface area is 231 Å². The van der Waals surface area contributed by atoms with Crippen molar-refractivity contribution in [3.05, 3.63) is 29.5 Å². The zero-order chi connectivity index (χ0) is 29.5. The number of fused-ring (bicyclic) bond motifs is 1. The molecule has 1 aromatic rings. The van der Waals surface area contributed by atoms with Crippen molar-refractivity contribution in [2.75, 3.05) is 70.5 Å². The summed E-state index contributed by atoms with van der Waals surface area (Å²) >= 11 is 0. The van der Waals surface area contributed by atoms with Gasteiger partial charge in [-0.1, -0.05) is 12.1 Å². The number of nitrogens with one attached hydrogen (secondary N) is 3. The fourth-order valence-corrected chi connectivity index (χ4v) is 3.98. The third-order valence-corrected chi connectivity index (χ3v) is 5.92. The number of nitrogens with zero attached hydrogens (tertiary/aromatic N) is 4. The third-order valence-electron chi connectivity index (χ3n) is 5.92. The number of hydrogen-bond donors (Lipinski definition) is 7. The highest BCUT2D eigenvalue weighted by Crippen LogP contribution is 2.29. The van der Waals surface area contributed by atoms with Gasteiger partial charge in [-0.05, 0) is 19.0 Å². The Kier molecular flexibility index (Phi) is 13.8. The molecule has 0 fully saturated rings. The second-order valence-corrected chi connectivity index (χ2v) is 9.07. The van der Waals surface area contributed by atoms with Crippen LogP contribution in [0.1, 0.15) is 12.8 Å². The number of benzene rings is 1. The number of carboxylic acid groups (broad SMARTS) is 3. The van der Waals surface area contributed by atoms with Gasteiger partial charge in [0.15, 0.2) is 12.4 Å². The minimum absolute atomic E-state index is 0.164. The Morgan fingerprint density at radius 2 is 1.52 bits per heavy atom.